The van der Waals surface area contributed by atoms with Gasteiger partial charge < -0.3 is 0 Å². The number of hydrogen-bond donors (Lipinski definition) is 0. The van der Waals surface area contributed by atoms with Gasteiger partial charge in [0.1, 0.15) is 0 Å². The Bertz CT molecular complexity index is 353. The average molecular weight is 206 g/mol. The molecule has 0 radical (unpaired) electrons. The van der Waals surface area contributed by atoms with Crippen LogP contribution in [0, 0.1) is 17.3 Å². The van der Waals surface area contributed by atoms with Crippen molar-refractivity contribution >= 4 is 11.3 Å². The van der Waals surface area contributed by atoms with Crippen LogP contribution >= 0.6 is 11.3 Å². The summed E-state index contributed by atoms with van der Waals surface area (Å²) in [5, 5.41) is 0. The first kappa shape index (κ1) is 11.3. The third kappa shape index (κ3) is 3.55. The minimum atomic E-state index is 0.0992. The summed E-state index contributed by atoms with van der Waals surface area (Å²) in [5.41, 5.74) is 0.0992. The van der Waals surface area contributed by atoms with Gasteiger partial charge in [-0.1, -0.05) is 25.7 Å². The van der Waals surface area contributed by atoms with E-state index in [9.17, 15) is 0 Å². The first-order chi connectivity index (χ1) is 6.38. The average Bonchev–Trinajstić information content (AvgIpc) is 2.47. The van der Waals surface area contributed by atoms with Crippen LogP contribution in [0.15, 0.2) is 12.1 Å². The highest BCUT2D eigenvalue weighted by molar-refractivity contribution is 7.12. The van der Waals surface area contributed by atoms with Crippen LogP contribution in [0.25, 0.3) is 0 Å². The van der Waals surface area contributed by atoms with E-state index in [4.69, 9.17) is 0 Å². The summed E-state index contributed by atoms with van der Waals surface area (Å²) in [6.45, 7) is 10.8. The van der Waals surface area contributed by atoms with Crippen molar-refractivity contribution in [1.29, 1.82) is 0 Å². The lowest BCUT2D eigenvalue weighted by Crippen LogP contribution is -1.98. The predicted molar refractivity (Wildman–Crippen MR) is 64.7 cm³/mol. The first-order valence-electron chi connectivity index (χ1n) is 5.01. The normalized spacial score (nSPS) is 11.3. The van der Waals surface area contributed by atoms with Crippen LogP contribution in [-0.4, -0.2) is 0 Å². The van der Waals surface area contributed by atoms with Gasteiger partial charge in [0.15, 0.2) is 0 Å². The highest BCUT2D eigenvalue weighted by Crippen LogP contribution is 2.23. The minimum Gasteiger partial charge on any atom is -0.131 e. The summed E-state index contributed by atoms with van der Waals surface area (Å²) in [6.07, 6.45) is 0. The second kappa shape index (κ2) is 4.19. The fourth-order valence-corrected chi connectivity index (χ4v) is 1.84. The molecular weight excluding hydrogens is 188 g/mol. The Morgan fingerprint density at radius 1 is 1.21 bits per heavy atom. The van der Waals surface area contributed by atoms with Crippen molar-refractivity contribution in [1.82, 2.24) is 0 Å². The van der Waals surface area contributed by atoms with E-state index in [1.807, 2.05) is 11.3 Å². The molecule has 0 fully saturated rings. The van der Waals surface area contributed by atoms with Crippen LogP contribution < -0.4 is 0 Å². The lowest BCUT2D eigenvalue weighted by atomic mass is 9.98. The van der Waals surface area contributed by atoms with Gasteiger partial charge in [-0.15, -0.1) is 11.3 Å². The SMILES string of the molecule is CC(C)c1ccc(C#CC(C)(C)C)s1. The van der Waals surface area contributed by atoms with E-state index in [-0.39, 0.29) is 5.41 Å². The van der Waals surface area contributed by atoms with Crippen molar-refractivity contribution in [3.63, 3.8) is 0 Å². The molecule has 0 aliphatic carbocycles. The Labute approximate surface area is 91.4 Å². The van der Waals surface area contributed by atoms with Gasteiger partial charge in [-0.2, -0.15) is 0 Å². The molecule has 1 aromatic rings. The van der Waals surface area contributed by atoms with Gasteiger partial charge in [0.05, 0.1) is 4.88 Å². The number of rotatable bonds is 1. The first-order valence-corrected chi connectivity index (χ1v) is 5.83. The van der Waals surface area contributed by atoms with Gasteiger partial charge in [0, 0.05) is 10.3 Å². The molecule has 14 heavy (non-hydrogen) atoms. The molecule has 1 heteroatoms. The molecule has 0 amide bonds. The summed E-state index contributed by atoms with van der Waals surface area (Å²) in [4.78, 5) is 2.60. The van der Waals surface area contributed by atoms with Gasteiger partial charge >= 0.3 is 0 Å². The molecule has 0 aliphatic heterocycles. The Morgan fingerprint density at radius 2 is 1.86 bits per heavy atom. The predicted octanol–water partition coefficient (Wildman–Crippen LogP) is 4.27. The monoisotopic (exact) mass is 206 g/mol. The van der Waals surface area contributed by atoms with E-state index < -0.39 is 0 Å². The molecular formula is C13H18S. The molecule has 0 atom stereocenters. The maximum atomic E-state index is 3.25. The lowest BCUT2D eigenvalue weighted by Gasteiger charge is -2.06. The van der Waals surface area contributed by atoms with E-state index in [1.54, 1.807) is 0 Å². The molecule has 0 aromatic carbocycles. The van der Waals surface area contributed by atoms with Gasteiger partial charge in [-0.25, -0.2) is 0 Å². The zero-order valence-electron chi connectivity index (χ0n) is 9.64. The lowest BCUT2D eigenvalue weighted by molar-refractivity contribution is 0.571. The summed E-state index contributed by atoms with van der Waals surface area (Å²) >= 11 is 1.81. The second-order valence-corrected chi connectivity index (χ2v) is 5.97. The molecule has 0 aliphatic rings. The molecule has 0 unspecified atom stereocenters. The summed E-state index contributed by atoms with van der Waals surface area (Å²) in [5.74, 6) is 7.10. The highest BCUT2D eigenvalue weighted by Gasteiger charge is 2.05. The van der Waals surface area contributed by atoms with E-state index in [0.29, 0.717) is 5.92 Å². The Balaban J connectivity index is 2.82. The summed E-state index contributed by atoms with van der Waals surface area (Å²) in [7, 11) is 0. The molecule has 1 aromatic heterocycles. The topological polar surface area (TPSA) is 0 Å². The Morgan fingerprint density at radius 3 is 2.29 bits per heavy atom. The van der Waals surface area contributed by atoms with Crippen molar-refractivity contribution < 1.29 is 0 Å². The van der Waals surface area contributed by atoms with Crippen LogP contribution in [0.1, 0.15) is 50.3 Å². The Hall–Kier alpha value is -0.740. The molecule has 0 bridgehead atoms. The molecule has 1 heterocycles. The third-order valence-electron chi connectivity index (χ3n) is 1.76. The third-order valence-corrected chi connectivity index (χ3v) is 3.06. The molecule has 0 spiro atoms. The van der Waals surface area contributed by atoms with Crippen LogP contribution in [0.5, 0.6) is 0 Å². The van der Waals surface area contributed by atoms with Crippen LogP contribution in [0.4, 0.5) is 0 Å². The van der Waals surface area contributed by atoms with Gasteiger partial charge in [-0.05, 0) is 38.8 Å². The van der Waals surface area contributed by atoms with E-state index in [2.05, 4.69) is 58.6 Å². The van der Waals surface area contributed by atoms with E-state index >= 15 is 0 Å². The quantitative estimate of drug-likeness (QED) is 0.602. The van der Waals surface area contributed by atoms with Gasteiger partial charge in [0.25, 0.3) is 0 Å². The molecule has 1 rings (SSSR count). The molecule has 0 N–H and O–H groups in total. The number of hydrogen-bond acceptors (Lipinski definition) is 1. The van der Waals surface area contributed by atoms with Gasteiger partial charge in [0.2, 0.25) is 0 Å². The van der Waals surface area contributed by atoms with Crippen LogP contribution in [0.2, 0.25) is 0 Å². The summed E-state index contributed by atoms with van der Waals surface area (Å²) < 4.78 is 0. The fraction of sp³-hybridized carbons (Fsp3) is 0.538. The minimum absolute atomic E-state index is 0.0992. The maximum Gasteiger partial charge on any atom is 0.0771 e. The van der Waals surface area contributed by atoms with Crippen molar-refractivity contribution in [2.75, 3.05) is 0 Å². The molecule has 0 nitrogen and oxygen atoms in total. The highest BCUT2D eigenvalue weighted by atomic mass is 32.1. The van der Waals surface area contributed by atoms with E-state index in [0.717, 1.165) is 0 Å². The standard InChI is InChI=1S/C13H18S/c1-10(2)12-7-6-11(14-12)8-9-13(3,4)5/h6-7,10H,1-5H3. The molecule has 0 saturated carbocycles. The van der Waals surface area contributed by atoms with Crippen LogP contribution in [-0.2, 0) is 0 Å². The summed E-state index contributed by atoms with van der Waals surface area (Å²) in [6, 6.07) is 4.31. The van der Waals surface area contributed by atoms with Crippen molar-refractivity contribution in [2.24, 2.45) is 5.41 Å². The number of thiophene rings is 1. The maximum absolute atomic E-state index is 3.25. The smallest absolute Gasteiger partial charge is 0.0771 e. The Kier molecular flexibility index (Phi) is 3.39. The van der Waals surface area contributed by atoms with Crippen molar-refractivity contribution in [3.8, 4) is 11.8 Å². The van der Waals surface area contributed by atoms with Crippen molar-refractivity contribution in [2.45, 2.75) is 40.5 Å². The molecule has 0 saturated heterocycles. The zero-order chi connectivity index (χ0) is 10.8. The fourth-order valence-electron chi connectivity index (χ4n) is 0.979. The zero-order valence-corrected chi connectivity index (χ0v) is 10.5. The molecule has 76 valence electrons. The van der Waals surface area contributed by atoms with Crippen LogP contribution in [0.3, 0.4) is 0 Å². The second-order valence-electron chi connectivity index (χ2n) is 4.86. The van der Waals surface area contributed by atoms with E-state index in [1.165, 1.54) is 9.75 Å². The van der Waals surface area contributed by atoms with Gasteiger partial charge in [-0.3, -0.25) is 0 Å². The van der Waals surface area contributed by atoms with Crippen molar-refractivity contribution in [3.05, 3.63) is 21.9 Å². The largest absolute Gasteiger partial charge is 0.131 e.